The van der Waals surface area contributed by atoms with Crippen LogP contribution >= 0.6 is 35.3 Å². The number of nitrogens with one attached hydrogen (secondary N) is 1. The number of hydrogen-bond donors (Lipinski definition) is 2. The molecule has 0 saturated heterocycles. The maximum absolute atomic E-state index is 5.82. The van der Waals surface area contributed by atoms with Crippen LogP contribution in [0.2, 0.25) is 0 Å². The standard InChI is InChI=1S/C16H20N4S.HI/c17-16(20-13-7-8-13)18-10-14-11-21-15(19-14)9-6-12-4-2-1-3-5-12;/h1-5,11,13H,6-10H2,(H3,17,18,20);1H. The van der Waals surface area contributed by atoms with Gasteiger partial charge in [0.25, 0.3) is 0 Å². The van der Waals surface area contributed by atoms with E-state index in [4.69, 9.17) is 5.73 Å². The number of hydrogen-bond acceptors (Lipinski definition) is 3. The minimum absolute atomic E-state index is 0. The Labute approximate surface area is 152 Å². The molecule has 6 heteroatoms. The number of nitrogens with two attached hydrogens (primary N) is 1. The molecule has 4 nitrogen and oxygen atoms in total. The molecule has 0 amide bonds. The van der Waals surface area contributed by atoms with Crippen molar-refractivity contribution in [2.75, 3.05) is 0 Å². The summed E-state index contributed by atoms with van der Waals surface area (Å²) in [7, 11) is 0. The first-order valence-corrected chi connectivity index (χ1v) is 8.21. The van der Waals surface area contributed by atoms with Gasteiger partial charge in [0.05, 0.1) is 17.2 Å². The van der Waals surface area contributed by atoms with Gasteiger partial charge in [0.2, 0.25) is 0 Å². The molecule has 1 aromatic carbocycles. The quantitative estimate of drug-likeness (QED) is 0.422. The lowest BCUT2D eigenvalue weighted by atomic mass is 10.1. The van der Waals surface area contributed by atoms with Gasteiger partial charge in [-0.25, -0.2) is 9.98 Å². The molecular weight excluding hydrogens is 407 g/mol. The number of nitrogens with zero attached hydrogens (tertiary/aromatic N) is 2. The summed E-state index contributed by atoms with van der Waals surface area (Å²) >= 11 is 1.71. The molecule has 0 atom stereocenters. The van der Waals surface area contributed by atoms with E-state index < -0.39 is 0 Å². The molecule has 0 spiro atoms. The van der Waals surface area contributed by atoms with E-state index in [-0.39, 0.29) is 24.0 Å². The van der Waals surface area contributed by atoms with Crippen LogP contribution in [-0.2, 0) is 19.4 Å². The van der Waals surface area contributed by atoms with Crippen LogP contribution in [0.25, 0.3) is 0 Å². The second-order valence-electron chi connectivity index (χ2n) is 5.34. The Hall–Kier alpha value is -1.15. The lowest BCUT2D eigenvalue weighted by molar-refractivity contribution is 0.867. The second kappa shape index (κ2) is 8.47. The molecular formula is C16H21IN4S. The maximum atomic E-state index is 5.82. The Balaban J connectivity index is 0.00000176. The molecule has 1 aliphatic rings. The fraction of sp³-hybridized carbons (Fsp3) is 0.375. The van der Waals surface area contributed by atoms with Crippen LogP contribution in [0.15, 0.2) is 40.7 Å². The van der Waals surface area contributed by atoms with E-state index in [0.717, 1.165) is 23.5 Å². The number of rotatable bonds is 6. The Kier molecular flexibility index (Phi) is 6.63. The number of aromatic nitrogens is 1. The van der Waals surface area contributed by atoms with Gasteiger partial charge in [-0.05, 0) is 24.8 Å². The number of aryl methyl sites for hydroxylation is 2. The Bertz CT molecular complexity index is 608. The van der Waals surface area contributed by atoms with Gasteiger partial charge in [0.1, 0.15) is 0 Å². The third-order valence-electron chi connectivity index (χ3n) is 3.41. The van der Waals surface area contributed by atoms with Gasteiger partial charge >= 0.3 is 0 Å². The summed E-state index contributed by atoms with van der Waals surface area (Å²) in [6, 6.07) is 11.1. The number of thiazole rings is 1. The summed E-state index contributed by atoms with van der Waals surface area (Å²) in [5, 5.41) is 6.42. The zero-order valence-corrected chi connectivity index (χ0v) is 15.5. The van der Waals surface area contributed by atoms with Crippen LogP contribution in [-0.4, -0.2) is 17.0 Å². The third-order valence-corrected chi connectivity index (χ3v) is 4.37. The second-order valence-corrected chi connectivity index (χ2v) is 6.28. The van der Waals surface area contributed by atoms with E-state index in [9.17, 15) is 0 Å². The molecule has 0 radical (unpaired) electrons. The molecule has 0 unspecified atom stereocenters. The van der Waals surface area contributed by atoms with Crippen molar-refractivity contribution < 1.29 is 0 Å². The van der Waals surface area contributed by atoms with Crippen molar-refractivity contribution in [3.05, 3.63) is 52.0 Å². The largest absolute Gasteiger partial charge is 0.370 e. The van der Waals surface area contributed by atoms with E-state index >= 15 is 0 Å². The first-order chi connectivity index (χ1) is 10.3. The summed E-state index contributed by atoms with van der Waals surface area (Å²) in [6.45, 7) is 0.563. The normalized spacial score (nSPS) is 14.5. The molecule has 1 saturated carbocycles. The van der Waals surface area contributed by atoms with Crippen molar-refractivity contribution in [3.63, 3.8) is 0 Å². The summed E-state index contributed by atoms with van der Waals surface area (Å²) < 4.78 is 0. The highest BCUT2D eigenvalue weighted by Gasteiger charge is 2.21. The van der Waals surface area contributed by atoms with Crippen molar-refractivity contribution in [3.8, 4) is 0 Å². The van der Waals surface area contributed by atoms with Crippen LogP contribution in [0.1, 0.15) is 29.1 Å². The molecule has 22 heavy (non-hydrogen) atoms. The highest BCUT2D eigenvalue weighted by molar-refractivity contribution is 14.0. The maximum Gasteiger partial charge on any atom is 0.189 e. The molecule has 0 bridgehead atoms. The van der Waals surface area contributed by atoms with Crippen molar-refractivity contribution in [2.45, 2.75) is 38.3 Å². The fourth-order valence-corrected chi connectivity index (χ4v) is 2.87. The smallest absolute Gasteiger partial charge is 0.189 e. The van der Waals surface area contributed by atoms with Crippen molar-refractivity contribution in [1.29, 1.82) is 0 Å². The molecule has 118 valence electrons. The van der Waals surface area contributed by atoms with Crippen molar-refractivity contribution in [1.82, 2.24) is 10.3 Å². The van der Waals surface area contributed by atoms with E-state index in [0.29, 0.717) is 18.5 Å². The first kappa shape index (κ1) is 17.2. The van der Waals surface area contributed by atoms with Crippen LogP contribution in [0.5, 0.6) is 0 Å². The molecule has 2 aromatic rings. The average molecular weight is 428 g/mol. The highest BCUT2D eigenvalue weighted by Crippen LogP contribution is 2.18. The Morgan fingerprint density at radius 3 is 2.77 bits per heavy atom. The number of guanidine groups is 1. The Morgan fingerprint density at radius 2 is 2.05 bits per heavy atom. The topological polar surface area (TPSA) is 63.3 Å². The lowest BCUT2D eigenvalue weighted by Crippen LogP contribution is -2.33. The average Bonchev–Trinajstić information content (AvgIpc) is 3.20. The van der Waals surface area contributed by atoms with E-state index in [1.807, 2.05) is 6.07 Å². The molecule has 1 heterocycles. The molecule has 1 aliphatic carbocycles. The van der Waals surface area contributed by atoms with Gasteiger partial charge in [0.15, 0.2) is 5.96 Å². The molecule has 0 aliphatic heterocycles. The van der Waals surface area contributed by atoms with Gasteiger partial charge in [0, 0.05) is 17.8 Å². The molecule has 1 fully saturated rings. The highest BCUT2D eigenvalue weighted by atomic mass is 127. The number of benzene rings is 1. The number of halogens is 1. The summed E-state index contributed by atoms with van der Waals surface area (Å²) in [4.78, 5) is 8.95. The van der Waals surface area contributed by atoms with Gasteiger partial charge in [-0.2, -0.15) is 0 Å². The molecule has 3 rings (SSSR count). The zero-order chi connectivity index (χ0) is 14.5. The van der Waals surface area contributed by atoms with E-state index in [1.54, 1.807) is 11.3 Å². The van der Waals surface area contributed by atoms with Gasteiger partial charge < -0.3 is 11.1 Å². The van der Waals surface area contributed by atoms with Crippen LogP contribution in [0.4, 0.5) is 0 Å². The predicted molar refractivity (Wildman–Crippen MR) is 103 cm³/mol. The SMILES string of the molecule is I.NC(=NCc1csc(CCc2ccccc2)n1)NC1CC1. The van der Waals surface area contributed by atoms with Gasteiger partial charge in [-0.15, -0.1) is 35.3 Å². The van der Waals surface area contributed by atoms with Crippen molar-refractivity contribution >= 4 is 41.3 Å². The zero-order valence-electron chi connectivity index (χ0n) is 12.4. The monoisotopic (exact) mass is 428 g/mol. The minimum Gasteiger partial charge on any atom is -0.370 e. The lowest BCUT2D eigenvalue weighted by Gasteiger charge is -2.01. The van der Waals surface area contributed by atoms with Gasteiger partial charge in [-0.3, -0.25) is 0 Å². The van der Waals surface area contributed by atoms with Gasteiger partial charge in [-0.1, -0.05) is 30.3 Å². The summed E-state index contributed by atoms with van der Waals surface area (Å²) in [6.07, 6.45) is 4.42. The first-order valence-electron chi connectivity index (χ1n) is 7.33. The van der Waals surface area contributed by atoms with Crippen LogP contribution in [0.3, 0.4) is 0 Å². The fourth-order valence-electron chi connectivity index (χ4n) is 2.08. The van der Waals surface area contributed by atoms with E-state index in [2.05, 4.69) is 44.9 Å². The van der Waals surface area contributed by atoms with E-state index in [1.165, 1.54) is 18.4 Å². The molecule has 3 N–H and O–H groups in total. The van der Waals surface area contributed by atoms with Crippen LogP contribution in [0, 0.1) is 0 Å². The number of aliphatic imine (C=N–C) groups is 1. The minimum atomic E-state index is 0. The Morgan fingerprint density at radius 1 is 1.27 bits per heavy atom. The predicted octanol–water partition coefficient (Wildman–Crippen LogP) is 3.11. The molecule has 1 aromatic heterocycles. The summed E-state index contributed by atoms with van der Waals surface area (Å²) in [5.41, 5.74) is 8.17. The summed E-state index contributed by atoms with van der Waals surface area (Å²) in [5.74, 6) is 0.538. The van der Waals surface area contributed by atoms with Crippen molar-refractivity contribution in [2.24, 2.45) is 10.7 Å². The third kappa shape index (κ3) is 5.57. The van der Waals surface area contributed by atoms with Crippen LogP contribution < -0.4 is 11.1 Å².